The van der Waals surface area contributed by atoms with E-state index in [9.17, 15) is 9.59 Å². The van der Waals surface area contributed by atoms with Crippen LogP contribution in [0.5, 0.6) is 0 Å². The summed E-state index contributed by atoms with van der Waals surface area (Å²) < 4.78 is 6.36. The molecule has 0 radical (unpaired) electrons. The van der Waals surface area contributed by atoms with Crippen LogP contribution in [0.3, 0.4) is 0 Å². The average Bonchev–Trinajstić information content (AvgIpc) is 2.94. The van der Waals surface area contributed by atoms with E-state index in [0.717, 1.165) is 5.56 Å². The van der Waals surface area contributed by atoms with Gasteiger partial charge in [-0.05, 0) is 29.0 Å². The van der Waals surface area contributed by atoms with Gasteiger partial charge in [-0.1, -0.05) is 45.0 Å². The molecule has 0 aliphatic rings. The highest BCUT2D eigenvalue weighted by Crippen LogP contribution is 2.27. The van der Waals surface area contributed by atoms with E-state index in [0.29, 0.717) is 27.2 Å². The van der Waals surface area contributed by atoms with Crippen LogP contribution in [0.25, 0.3) is 10.2 Å². The number of carbonyl (C=O) groups is 1. The van der Waals surface area contributed by atoms with Crippen molar-refractivity contribution in [1.29, 1.82) is 0 Å². The third kappa shape index (κ3) is 3.29. The molecule has 3 rings (SSSR count). The maximum atomic E-state index is 12.9. The first-order valence-corrected chi connectivity index (χ1v) is 9.20. The van der Waals surface area contributed by atoms with E-state index in [1.807, 2.05) is 12.1 Å². The van der Waals surface area contributed by atoms with Crippen molar-refractivity contribution in [3.05, 3.63) is 62.5 Å². The molecule has 0 bridgehead atoms. The standard InChI is InChI=1S/C20H22N2O3S/c1-12-15-17(26-16(12)19(24)25-5)21-11-22(18(15)23)10-13-6-8-14(9-7-13)20(2,3)4/h6-9,11H,10H2,1-5H3. The lowest BCUT2D eigenvalue weighted by Crippen LogP contribution is -2.21. The zero-order valence-electron chi connectivity index (χ0n) is 15.6. The highest BCUT2D eigenvalue weighted by Gasteiger charge is 2.20. The van der Waals surface area contributed by atoms with E-state index in [4.69, 9.17) is 4.74 Å². The summed E-state index contributed by atoms with van der Waals surface area (Å²) in [7, 11) is 1.33. The second kappa shape index (κ2) is 6.68. The molecule has 0 spiro atoms. The Morgan fingerprint density at radius 2 is 1.88 bits per heavy atom. The van der Waals surface area contributed by atoms with Gasteiger partial charge in [-0.3, -0.25) is 9.36 Å². The number of hydrogen-bond acceptors (Lipinski definition) is 5. The van der Waals surface area contributed by atoms with Gasteiger partial charge in [0.1, 0.15) is 9.71 Å². The lowest BCUT2D eigenvalue weighted by Gasteiger charge is -2.19. The van der Waals surface area contributed by atoms with E-state index in [2.05, 4.69) is 37.9 Å². The number of fused-ring (bicyclic) bond motifs is 1. The van der Waals surface area contributed by atoms with Crippen LogP contribution in [0.15, 0.2) is 35.4 Å². The third-order valence-electron chi connectivity index (χ3n) is 4.46. The molecule has 0 fully saturated rings. The van der Waals surface area contributed by atoms with Gasteiger partial charge < -0.3 is 4.74 Å². The molecule has 0 amide bonds. The van der Waals surface area contributed by atoms with Crippen LogP contribution in [0.1, 0.15) is 47.1 Å². The molecule has 6 heteroatoms. The second-order valence-electron chi connectivity index (χ2n) is 7.35. The summed E-state index contributed by atoms with van der Waals surface area (Å²) in [6, 6.07) is 8.27. The quantitative estimate of drug-likeness (QED) is 0.656. The molecule has 0 atom stereocenters. The van der Waals surface area contributed by atoms with Crippen LogP contribution in [-0.4, -0.2) is 22.6 Å². The molecule has 0 saturated heterocycles. The van der Waals surface area contributed by atoms with E-state index in [1.54, 1.807) is 17.8 Å². The molecule has 0 unspecified atom stereocenters. The molecular formula is C20H22N2O3S. The monoisotopic (exact) mass is 370 g/mol. The number of ether oxygens (including phenoxy) is 1. The fourth-order valence-corrected chi connectivity index (χ4v) is 3.92. The first kappa shape index (κ1) is 18.3. The highest BCUT2D eigenvalue weighted by molar-refractivity contribution is 7.20. The van der Waals surface area contributed by atoms with Gasteiger partial charge in [0.15, 0.2) is 0 Å². The van der Waals surface area contributed by atoms with Gasteiger partial charge in [0.25, 0.3) is 5.56 Å². The molecule has 0 aliphatic heterocycles. The number of nitrogens with zero attached hydrogens (tertiary/aromatic N) is 2. The fraction of sp³-hybridized carbons (Fsp3) is 0.350. The Morgan fingerprint density at radius 1 is 1.23 bits per heavy atom. The SMILES string of the molecule is COC(=O)c1sc2ncn(Cc3ccc(C(C)(C)C)cc3)c(=O)c2c1C. The normalized spacial score (nSPS) is 11.7. The summed E-state index contributed by atoms with van der Waals surface area (Å²) >= 11 is 1.19. The van der Waals surface area contributed by atoms with Crippen molar-refractivity contribution < 1.29 is 9.53 Å². The molecule has 2 heterocycles. The van der Waals surface area contributed by atoms with Gasteiger partial charge in [0, 0.05) is 0 Å². The van der Waals surface area contributed by atoms with Gasteiger partial charge in [-0.15, -0.1) is 11.3 Å². The largest absolute Gasteiger partial charge is 0.465 e. The summed E-state index contributed by atoms with van der Waals surface area (Å²) in [4.78, 5) is 30.1. The minimum atomic E-state index is -0.436. The number of benzene rings is 1. The van der Waals surface area contributed by atoms with Crippen LogP contribution in [0, 0.1) is 6.92 Å². The zero-order valence-corrected chi connectivity index (χ0v) is 16.4. The molecule has 136 valence electrons. The van der Waals surface area contributed by atoms with Gasteiger partial charge in [0.05, 0.1) is 25.4 Å². The molecule has 3 aromatic rings. The Balaban J connectivity index is 1.99. The molecular weight excluding hydrogens is 348 g/mol. The predicted octanol–water partition coefficient (Wildman–Crippen LogP) is 3.90. The number of thiophene rings is 1. The average molecular weight is 370 g/mol. The fourth-order valence-electron chi connectivity index (χ4n) is 2.87. The topological polar surface area (TPSA) is 61.2 Å². The summed E-state index contributed by atoms with van der Waals surface area (Å²) in [5.41, 5.74) is 2.86. The number of hydrogen-bond donors (Lipinski definition) is 0. The van der Waals surface area contributed by atoms with Crippen molar-refractivity contribution in [3.8, 4) is 0 Å². The maximum Gasteiger partial charge on any atom is 0.348 e. The summed E-state index contributed by atoms with van der Waals surface area (Å²) in [6.45, 7) is 8.71. The first-order chi connectivity index (χ1) is 12.2. The Morgan fingerprint density at radius 3 is 2.46 bits per heavy atom. The Labute approximate surface area is 156 Å². The Bertz CT molecular complexity index is 1020. The number of esters is 1. The van der Waals surface area contributed by atoms with Crippen molar-refractivity contribution in [2.75, 3.05) is 7.11 Å². The maximum absolute atomic E-state index is 12.9. The molecule has 0 saturated carbocycles. The number of aromatic nitrogens is 2. The third-order valence-corrected chi connectivity index (χ3v) is 5.64. The minimum Gasteiger partial charge on any atom is -0.465 e. The van der Waals surface area contributed by atoms with E-state index in [1.165, 1.54) is 24.0 Å². The molecule has 1 aromatic carbocycles. The number of rotatable bonds is 3. The number of carbonyl (C=O) groups excluding carboxylic acids is 1. The second-order valence-corrected chi connectivity index (χ2v) is 8.35. The van der Waals surface area contributed by atoms with Crippen LogP contribution >= 0.6 is 11.3 Å². The van der Waals surface area contributed by atoms with Crippen LogP contribution < -0.4 is 5.56 Å². The van der Waals surface area contributed by atoms with Crippen LogP contribution in [0.4, 0.5) is 0 Å². The van der Waals surface area contributed by atoms with Gasteiger partial charge in [0.2, 0.25) is 0 Å². The predicted molar refractivity (Wildman–Crippen MR) is 104 cm³/mol. The first-order valence-electron chi connectivity index (χ1n) is 8.38. The lowest BCUT2D eigenvalue weighted by molar-refractivity contribution is 0.0605. The van der Waals surface area contributed by atoms with Crippen LogP contribution in [0.2, 0.25) is 0 Å². The molecule has 2 aromatic heterocycles. The highest BCUT2D eigenvalue weighted by atomic mass is 32.1. The van der Waals surface area contributed by atoms with Crippen molar-refractivity contribution >= 4 is 27.5 Å². The zero-order chi connectivity index (χ0) is 19.1. The smallest absolute Gasteiger partial charge is 0.348 e. The lowest BCUT2D eigenvalue weighted by atomic mass is 9.87. The van der Waals surface area contributed by atoms with Gasteiger partial charge >= 0.3 is 5.97 Å². The Hall–Kier alpha value is -2.47. The van der Waals surface area contributed by atoms with Crippen molar-refractivity contribution in [2.24, 2.45) is 0 Å². The Kier molecular flexibility index (Phi) is 4.71. The number of methoxy groups -OCH3 is 1. The van der Waals surface area contributed by atoms with Crippen molar-refractivity contribution in [2.45, 2.75) is 39.7 Å². The summed E-state index contributed by atoms with van der Waals surface area (Å²) in [6.07, 6.45) is 1.54. The minimum absolute atomic E-state index is 0.0912. The summed E-state index contributed by atoms with van der Waals surface area (Å²) in [5.74, 6) is -0.436. The van der Waals surface area contributed by atoms with E-state index < -0.39 is 5.97 Å². The van der Waals surface area contributed by atoms with Crippen LogP contribution in [-0.2, 0) is 16.7 Å². The van der Waals surface area contributed by atoms with Gasteiger partial charge in [-0.2, -0.15) is 0 Å². The molecule has 26 heavy (non-hydrogen) atoms. The molecule has 0 N–H and O–H groups in total. The summed E-state index contributed by atoms with van der Waals surface area (Å²) in [5, 5.41) is 0.490. The van der Waals surface area contributed by atoms with Gasteiger partial charge in [-0.25, -0.2) is 9.78 Å². The number of aryl methyl sites for hydroxylation is 1. The molecule has 5 nitrogen and oxygen atoms in total. The molecule has 0 aliphatic carbocycles. The van der Waals surface area contributed by atoms with Crippen molar-refractivity contribution in [1.82, 2.24) is 9.55 Å². The van der Waals surface area contributed by atoms with E-state index in [-0.39, 0.29) is 11.0 Å². The van der Waals surface area contributed by atoms with E-state index >= 15 is 0 Å². The van der Waals surface area contributed by atoms with Crippen molar-refractivity contribution in [3.63, 3.8) is 0 Å².